The fourth-order valence-corrected chi connectivity index (χ4v) is 10.6. The number of hydrogen-bond acceptors (Lipinski definition) is 3. The Morgan fingerprint density at radius 3 is 1.63 bits per heavy atom. The lowest BCUT2D eigenvalue weighted by Crippen LogP contribution is -2.31. The number of nitrogens with zero attached hydrogens (tertiary/aromatic N) is 4. The third-order valence-corrected chi connectivity index (χ3v) is 14.3. The van der Waals surface area contributed by atoms with Crippen LogP contribution in [0.5, 0.6) is 0 Å². The Balaban J connectivity index is 1.10. The van der Waals surface area contributed by atoms with Crippen molar-refractivity contribution >= 4 is 33.2 Å². The molecule has 1 aliphatic heterocycles. The fraction of sp³-hybridized carbons (Fsp3) is 0.234. The van der Waals surface area contributed by atoms with Crippen LogP contribution in [0.4, 0.5) is 11.4 Å². The number of hydrogen-bond donors (Lipinski definition) is 0. The quantitative estimate of drug-likeness (QED) is 0.121. The SMILES string of the molecule is CC(C)c1cc(C(C)C)c(-c2cccc(N3C=CN(c4cccc(C(c5ccccc5)(c5ccccc5)c5ccc6c7ccccc7n(-c7cc(C(C)(C)C)ccn7)c6c5)c4)C3)c2)c(C(C)C)c1. The second kappa shape index (κ2) is 17.8. The predicted octanol–water partition coefficient (Wildman–Crippen LogP) is 16.7. The Kier molecular flexibility index (Phi) is 11.7. The molecule has 0 N–H and O–H groups in total. The molecule has 0 radical (unpaired) electrons. The zero-order chi connectivity index (χ0) is 47.3. The van der Waals surface area contributed by atoms with Gasteiger partial charge < -0.3 is 9.80 Å². The molecular formula is C64H64N4. The lowest BCUT2D eigenvalue weighted by atomic mass is 9.65. The molecule has 0 fully saturated rings. The number of anilines is 2. The third kappa shape index (κ3) is 7.90. The molecule has 0 saturated carbocycles. The van der Waals surface area contributed by atoms with E-state index in [0.29, 0.717) is 24.4 Å². The monoisotopic (exact) mass is 889 g/mol. The molecule has 4 nitrogen and oxygen atoms in total. The summed E-state index contributed by atoms with van der Waals surface area (Å²) in [5.41, 5.74) is 16.9. The van der Waals surface area contributed by atoms with Crippen molar-refractivity contribution in [2.75, 3.05) is 16.5 Å². The van der Waals surface area contributed by atoms with E-state index in [0.717, 1.165) is 22.5 Å². The Hall–Kier alpha value is -7.17. The smallest absolute Gasteiger partial charge is 0.137 e. The van der Waals surface area contributed by atoms with Crippen LogP contribution in [0.3, 0.4) is 0 Å². The maximum atomic E-state index is 5.04. The van der Waals surface area contributed by atoms with Crippen LogP contribution in [0.15, 0.2) is 195 Å². The molecule has 0 bridgehead atoms. The Labute approximate surface area is 404 Å². The first-order valence-corrected chi connectivity index (χ1v) is 24.5. The summed E-state index contributed by atoms with van der Waals surface area (Å²) >= 11 is 0. The lowest BCUT2D eigenvalue weighted by Gasteiger charge is -2.37. The topological polar surface area (TPSA) is 24.3 Å². The summed E-state index contributed by atoms with van der Waals surface area (Å²) in [5.74, 6) is 2.22. The van der Waals surface area contributed by atoms with Crippen LogP contribution in [0, 0.1) is 0 Å². The molecule has 10 rings (SSSR count). The van der Waals surface area contributed by atoms with Crippen LogP contribution >= 0.6 is 0 Å². The van der Waals surface area contributed by atoms with Gasteiger partial charge >= 0.3 is 0 Å². The first-order valence-electron chi connectivity index (χ1n) is 24.5. The van der Waals surface area contributed by atoms with Crippen molar-refractivity contribution in [1.82, 2.24) is 9.55 Å². The molecule has 1 aliphatic rings. The highest BCUT2D eigenvalue weighted by Gasteiger charge is 2.39. The molecule has 9 aromatic rings. The average molecular weight is 889 g/mol. The van der Waals surface area contributed by atoms with Gasteiger partial charge in [0.25, 0.3) is 0 Å². The van der Waals surface area contributed by atoms with E-state index in [4.69, 9.17) is 4.98 Å². The van der Waals surface area contributed by atoms with Gasteiger partial charge in [0, 0.05) is 40.7 Å². The van der Waals surface area contributed by atoms with Crippen molar-refractivity contribution in [3.8, 4) is 16.9 Å². The molecule has 0 aliphatic carbocycles. The molecule has 7 aromatic carbocycles. The minimum atomic E-state index is -0.667. The normalized spacial score (nSPS) is 13.3. The minimum absolute atomic E-state index is 0.0247. The van der Waals surface area contributed by atoms with Crippen molar-refractivity contribution in [3.05, 3.63) is 239 Å². The van der Waals surface area contributed by atoms with Gasteiger partial charge in [0.2, 0.25) is 0 Å². The van der Waals surface area contributed by atoms with Crippen LogP contribution in [-0.4, -0.2) is 16.2 Å². The van der Waals surface area contributed by atoms with Gasteiger partial charge in [-0.05, 0) is 127 Å². The Morgan fingerprint density at radius 1 is 0.456 bits per heavy atom. The number of aromatic nitrogens is 2. The molecule has 0 spiro atoms. The van der Waals surface area contributed by atoms with E-state index in [1.54, 1.807) is 0 Å². The van der Waals surface area contributed by atoms with E-state index in [1.165, 1.54) is 72.1 Å². The summed E-state index contributed by atoms with van der Waals surface area (Å²) in [6.07, 6.45) is 6.43. The third-order valence-electron chi connectivity index (χ3n) is 14.3. The lowest BCUT2D eigenvalue weighted by molar-refractivity contribution is 0.588. The van der Waals surface area contributed by atoms with Gasteiger partial charge in [-0.25, -0.2) is 4.98 Å². The fourth-order valence-electron chi connectivity index (χ4n) is 10.6. The van der Waals surface area contributed by atoms with Gasteiger partial charge in [-0.2, -0.15) is 0 Å². The van der Waals surface area contributed by atoms with Gasteiger partial charge in [0.05, 0.1) is 23.1 Å². The van der Waals surface area contributed by atoms with Crippen LogP contribution in [0.2, 0.25) is 0 Å². The standard InChI is InChI=1S/C64H64N4/c1-43(2)47-37-57(44(3)4)62(58(38-47)45(5)6)46-20-18-26-53(36-46)66-34-35-67(42-66)54-27-19-25-51(39-54)64(48-21-12-10-13-22-48,49-23-14-11-15-24-49)52-30-31-56-55-28-16-17-29-59(55)68(60(56)40-52)61-41-50(32-33-65-61)63(7,8)9/h10-41,43-45H,42H2,1-9H3. The highest BCUT2D eigenvalue weighted by atomic mass is 15.3. The summed E-state index contributed by atoms with van der Waals surface area (Å²) in [6, 6.07) is 65.8. The van der Waals surface area contributed by atoms with Crippen LogP contribution in [0.25, 0.3) is 38.8 Å². The maximum Gasteiger partial charge on any atom is 0.137 e. The van der Waals surface area contributed by atoms with Crippen molar-refractivity contribution in [1.29, 1.82) is 0 Å². The van der Waals surface area contributed by atoms with Crippen molar-refractivity contribution in [3.63, 3.8) is 0 Å². The molecule has 4 heteroatoms. The van der Waals surface area contributed by atoms with E-state index in [2.05, 4.69) is 265 Å². The van der Waals surface area contributed by atoms with E-state index in [1.807, 2.05) is 6.20 Å². The summed E-state index contributed by atoms with van der Waals surface area (Å²) in [5, 5.41) is 2.42. The second-order valence-electron chi connectivity index (χ2n) is 20.7. The van der Waals surface area contributed by atoms with Crippen LogP contribution in [0.1, 0.15) is 125 Å². The molecule has 0 unspecified atom stereocenters. The highest BCUT2D eigenvalue weighted by Crippen LogP contribution is 2.48. The number of rotatable bonds is 11. The molecule has 3 heterocycles. The van der Waals surface area contributed by atoms with Crippen molar-refractivity contribution in [2.24, 2.45) is 0 Å². The maximum absolute atomic E-state index is 5.04. The molecule has 0 atom stereocenters. The molecular weight excluding hydrogens is 825 g/mol. The zero-order valence-electron chi connectivity index (χ0n) is 41.2. The summed E-state index contributed by atoms with van der Waals surface area (Å²) < 4.78 is 2.37. The molecule has 2 aromatic heterocycles. The van der Waals surface area contributed by atoms with Crippen LogP contribution < -0.4 is 9.80 Å². The van der Waals surface area contributed by atoms with Gasteiger partial charge in [-0.3, -0.25) is 4.57 Å². The molecule has 0 amide bonds. The molecule has 0 saturated heterocycles. The first kappa shape index (κ1) is 44.7. The largest absolute Gasteiger partial charge is 0.328 e. The number of benzene rings is 7. The van der Waals surface area contributed by atoms with E-state index >= 15 is 0 Å². The Morgan fingerprint density at radius 2 is 1.01 bits per heavy atom. The number of pyridine rings is 1. The van der Waals surface area contributed by atoms with Gasteiger partial charge in [-0.15, -0.1) is 0 Å². The Bertz CT molecular complexity index is 3220. The summed E-state index contributed by atoms with van der Waals surface area (Å²) in [4.78, 5) is 9.80. The van der Waals surface area contributed by atoms with Crippen LogP contribution in [-0.2, 0) is 10.8 Å². The van der Waals surface area contributed by atoms with Gasteiger partial charge in [0.1, 0.15) is 5.82 Å². The molecule has 68 heavy (non-hydrogen) atoms. The summed E-state index contributed by atoms with van der Waals surface area (Å²) in [7, 11) is 0. The van der Waals surface area contributed by atoms with E-state index < -0.39 is 5.41 Å². The second-order valence-corrected chi connectivity index (χ2v) is 20.7. The van der Waals surface area contributed by atoms with Gasteiger partial charge in [0.15, 0.2) is 0 Å². The van der Waals surface area contributed by atoms with E-state index in [9.17, 15) is 0 Å². The minimum Gasteiger partial charge on any atom is -0.328 e. The molecule has 340 valence electrons. The summed E-state index contributed by atoms with van der Waals surface area (Å²) in [6.45, 7) is 21.4. The predicted molar refractivity (Wildman–Crippen MR) is 289 cm³/mol. The van der Waals surface area contributed by atoms with Gasteiger partial charge in [-0.1, -0.05) is 190 Å². The highest BCUT2D eigenvalue weighted by molar-refractivity contribution is 6.09. The van der Waals surface area contributed by atoms with Crippen molar-refractivity contribution < 1.29 is 0 Å². The number of para-hydroxylation sites is 1. The van der Waals surface area contributed by atoms with E-state index in [-0.39, 0.29) is 5.41 Å². The van der Waals surface area contributed by atoms with Crippen molar-refractivity contribution in [2.45, 2.75) is 90.9 Å². The zero-order valence-corrected chi connectivity index (χ0v) is 41.2. The first-order chi connectivity index (χ1) is 32.8. The average Bonchev–Trinajstić information content (AvgIpc) is 3.98. The number of fused-ring (bicyclic) bond motifs is 3.